The first-order valence-electron chi connectivity index (χ1n) is 7.38. The van der Waals surface area contributed by atoms with Gasteiger partial charge in [-0.15, -0.1) is 0 Å². The molecule has 126 valence electrons. The normalized spacial score (nSPS) is 11.3. The predicted molar refractivity (Wildman–Crippen MR) is 91.8 cm³/mol. The Morgan fingerprint density at radius 1 is 1.21 bits per heavy atom. The summed E-state index contributed by atoms with van der Waals surface area (Å²) in [6, 6.07) is 10.5. The highest BCUT2D eigenvalue weighted by Crippen LogP contribution is 2.30. The first kappa shape index (κ1) is 17.9. The molecule has 0 saturated carbocycles. The Bertz CT molecular complexity index is 758. The van der Waals surface area contributed by atoms with Gasteiger partial charge in [0.25, 0.3) is 5.69 Å². The second-order valence-electron chi connectivity index (χ2n) is 5.77. The highest BCUT2D eigenvalue weighted by molar-refractivity contribution is 6.31. The van der Waals surface area contributed by atoms with Crippen molar-refractivity contribution >= 4 is 23.5 Å². The molecule has 2 aromatic rings. The Kier molecular flexibility index (Phi) is 5.89. The average Bonchev–Trinajstić information content (AvgIpc) is 2.51. The predicted octanol–water partition coefficient (Wildman–Crippen LogP) is 1.59. The van der Waals surface area contributed by atoms with E-state index in [2.05, 4.69) is 19.1 Å². The molecule has 0 fully saturated rings. The SMILES string of the molecule is C[NH+](C)Cc1ccc(CN=Cc2cc(Cl)cc([N+](=O)[O-])c2[O-])cc1. The second kappa shape index (κ2) is 7.90. The van der Waals surface area contributed by atoms with Gasteiger partial charge in [-0.25, -0.2) is 0 Å². The maximum atomic E-state index is 12.0. The molecule has 24 heavy (non-hydrogen) atoms. The summed E-state index contributed by atoms with van der Waals surface area (Å²) in [7, 11) is 4.17. The number of nitrogens with zero attached hydrogens (tertiary/aromatic N) is 2. The molecule has 0 amide bonds. The van der Waals surface area contributed by atoms with E-state index in [1.54, 1.807) is 0 Å². The van der Waals surface area contributed by atoms with Crippen molar-refractivity contribution in [3.05, 3.63) is 68.2 Å². The van der Waals surface area contributed by atoms with Gasteiger partial charge in [0, 0.05) is 22.9 Å². The maximum absolute atomic E-state index is 12.0. The van der Waals surface area contributed by atoms with E-state index in [1.165, 1.54) is 22.7 Å². The van der Waals surface area contributed by atoms with Crippen molar-refractivity contribution in [2.75, 3.05) is 14.1 Å². The zero-order valence-corrected chi connectivity index (χ0v) is 14.2. The first-order valence-corrected chi connectivity index (χ1v) is 7.76. The lowest BCUT2D eigenvalue weighted by molar-refractivity contribution is -0.872. The third-order valence-corrected chi connectivity index (χ3v) is 3.56. The number of quaternary nitrogens is 1. The number of benzene rings is 2. The van der Waals surface area contributed by atoms with E-state index in [0.717, 1.165) is 18.2 Å². The highest BCUT2D eigenvalue weighted by Gasteiger charge is 2.11. The minimum Gasteiger partial charge on any atom is -0.867 e. The van der Waals surface area contributed by atoms with Gasteiger partial charge in [-0.2, -0.15) is 0 Å². The second-order valence-corrected chi connectivity index (χ2v) is 6.21. The van der Waals surface area contributed by atoms with E-state index in [9.17, 15) is 15.2 Å². The van der Waals surface area contributed by atoms with Crippen molar-refractivity contribution in [1.29, 1.82) is 0 Å². The zero-order valence-electron chi connectivity index (χ0n) is 13.5. The molecule has 0 aliphatic rings. The molecule has 0 spiro atoms. The van der Waals surface area contributed by atoms with Crippen molar-refractivity contribution in [2.45, 2.75) is 13.1 Å². The summed E-state index contributed by atoms with van der Waals surface area (Å²) in [5, 5.41) is 22.9. The van der Waals surface area contributed by atoms with Crippen LogP contribution in [0.4, 0.5) is 5.69 Å². The van der Waals surface area contributed by atoms with Crippen LogP contribution in [0.25, 0.3) is 0 Å². The number of nitrogens with one attached hydrogen (secondary N) is 1. The summed E-state index contributed by atoms with van der Waals surface area (Å²) < 4.78 is 0. The number of nitro groups is 1. The van der Waals surface area contributed by atoms with Crippen LogP contribution in [-0.2, 0) is 13.1 Å². The fourth-order valence-electron chi connectivity index (χ4n) is 2.25. The molecule has 7 heteroatoms. The van der Waals surface area contributed by atoms with Crippen LogP contribution in [0, 0.1) is 10.1 Å². The Hall–Kier alpha value is -2.44. The van der Waals surface area contributed by atoms with Crippen molar-refractivity contribution in [2.24, 2.45) is 4.99 Å². The average molecular weight is 348 g/mol. The summed E-state index contributed by atoms with van der Waals surface area (Å²) in [4.78, 5) is 15.6. The maximum Gasteiger partial charge on any atom is 0.263 e. The van der Waals surface area contributed by atoms with Crippen LogP contribution in [0.3, 0.4) is 0 Å². The third-order valence-electron chi connectivity index (χ3n) is 3.34. The highest BCUT2D eigenvalue weighted by atomic mass is 35.5. The molecular weight excluding hydrogens is 330 g/mol. The lowest BCUT2D eigenvalue weighted by Crippen LogP contribution is -3.04. The van der Waals surface area contributed by atoms with Gasteiger partial charge in [0.2, 0.25) is 0 Å². The molecule has 0 saturated heterocycles. The van der Waals surface area contributed by atoms with Crippen LogP contribution in [0.15, 0.2) is 41.4 Å². The van der Waals surface area contributed by atoms with Crippen LogP contribution in [0.2, 0.25) is 5.02 Å². The fraction of sp³-hybridized carbons (Fsp3) is 0.235. The number of aliphatic imine (C=N–C) groups is 1. The van der Waals surface area contributed by atoms with Crippen LogP contribution < -0.4 is 10.0 Å². The summed E-state index contributed by atoms with van der Waals surface area (Å²) in [5.41, 5.74) is 1.80. The topological polar surface area (TPSA) is 83.0 Å². The molecule has 0 radical (unpaired) electrons. The zero-order chi connectivity index (χ0) is 17.7. The molecule has 0 atom stereocenters. The number of rotatable bonds is 6. The van der Waals surface area contributed by atoms with Gasteiger partial charge in [-0.1, -0.05) is 35.9 Å². The van der Waals surface area contributed by atoms with Gasteiger partial charge >= 0.3 is 0 Å². The van der Waals surface area contributed by atoms with Crippen LogP contribution in [0.1, 0.15) is 16.7 Å². The molecule has 2 aromatic carbocycles. The van der Waals surface area contributed by atoms with E-state index in [4.69, 9.17) is 11.6 Å². The number of hydrogen-bond acceptors (Lipinski definition) is 4. The Balaban J connectivity index is 2.10. The quantitative estimate of drug-likeness (QED) is 0.489. The molecule has 2 rings (SSSR count). The number of hydrogen-bond donors (Lipinski definition) is 1. The lowest BCUT2D eigenvalue weighted by Gasteiger charge is -2.10. The Labute approximate surface area is 145 Å². The fourth-order valence-corrected chi connectivity index (χ4v) is 2.47. The van der Waals surface area contributed by atoms with Crippen LogP contribution in [-0.4, -0.2) is 25.2 Å². The van der Waals surface area contributed by atoms with Gasteiger partial charge in [0.05, 0.1) is 25.6 Å². The summed E-state index contributed by atoms with van der Waals surface area (Å²) in [5.74, 6) is -0.683. The van der Waals surface area contributed by atoms with E-state index in [0.29, 0.717) is 6.54 Å². The monoisotopic (exact) mass is 347 g/mol. The van der Waals surface area contributed by atoms with Crippen molar-refractivity contribution in [3.63, 3.8) is 0 Å². The lowest BCUT2D eigenvalue weighted by atomic mass is 10.1. The standard InChI is InChI=1S/C17H18ClN3O3/c1-20(2)11-13-5-3-12(4-6-13)9-19-10-14-7-15(18)8-16(17(14)22)21(23)24/h3-8,10,22H,9,11H2,1-2H3. The summed E-state index contributed by atoms with van der Waals surface area (Å²) in [6.45, 7) is 1.32. The molecule has 0 aliphatic heterocycles. The minimum absolute atomic E-state index is 0.113. The van der Waals surface area contributed by atoms with Crippen LogP contribution >= 0.6 is 11.6 Å². The summed E-state index contributed by atoms with van der Waals surface area (Å²) in [6.07, 6.45) is 1.33. The molecule has 6 nitrogen and oxygen atoms in total. The Morgan fingerprint density at radius 2 is 1.83 bits per heavy atom. The van der Waals surface area contributed by atoms with Crippen LogP contribution in [0.5, 0.6) is 5.75 Å². The molecule has 1 N–H and O–H groups in total. The largest absolute Gasteiger partial charge is 0.867 e. The van der Waals surface area contributed by atoms with Crippen molar-refractivity contribution in [3.8, 4) is 5.75 Å². The number of halogens is 1. The first-order chi connectivity index (χ1) is 11.4. The molecule has 0 heterocycles. The van der Waals surface area contributed by atoms with E-state index >= 15 is 0 Å². The molecule has 0 aromatic heterocycles. The van der Waals surface area contributed by atoms with Gasteiger partial charge in [0.15, 0.2) is 0 Å². The molecule has 0 unspecified atom stereocenters. The van der Waals surface area contributed by atoms with E-state index in [-0.39, 0.29) is 10.6 Å². The van der Waals surface area contributed by atoms with Gasteiger partial charge < -0.3 is 10.0 Å². The smallest absolute Gasteiger partial charge is 0.263 e. The molecule has 0 bridgehead atoms. The minimum atomic E-state index is -0.739. The Morgan fingerprint density at radius 3 is 2.42 bits per heavy atom. The van der Waals surface area contributed by atoms with Crippen molar-refractivity contribution in [1.82, 2.24) is 0 Å². The third kappa shape index (κ3) is 4.78. The van der Waals surface area contributed by atoms with Crippen molar-refractivity contribution < 1.29 is 14.9 Å². The molecule has 0 aliphatic carbocycles. The van der Waals surface area contributed by atoms with Gasteiger partial charge in [-0.3, -0.25) is 15.1 Å². The molecular formula is C17H18ClN3O3. The van der Waals surface area contributed by atoms with Gasteiger partial charge in [0.1, 0.15) is 6.54 Å². The van der Waals surface area contributed by atoms with E-state index < -0.39 is 16.4 Å². The van der Waals surface area contributed by atoms with E-state index in [1.807, 2.05) is 24.3 Å². The summed E-state index contributed by atoms with van der Waals surface area (Å²) >= 11 is 5.81. The number of nitro benzene ring substituents is 1. The van der Waals surface area contributed by atoms with Gasteiger partial charge in [-0.05, 0) is 22.9 Å².